The first-order chi connectivity index (χ1) is 9.27. The molecule has 0 amide bonds. The van der Waals surface area contributed by atoms with Crippen molar-refractivity contribution in [2.24, 2.45) is 0 Å². The van der Waals surface area contributed by atoms with Gasteiger partial charge in [-0.3, -0.25) is 0 Å². The quantitative estimate of drug-likeness (QED) is 0.806. The molecule has 0 saturated heterocycles. The molecular weight excluding hydrogens is 240 g/mol. The van der Waals surface area contributed by atoms with E-state index in [1.807, 2.05) is 16.7 Å². The van der Waals surface area contributed by atoms with Gasteiger partial charge in [0.25, 0.3) is 0 Å². The zero-order chi connectivity index (χ0) is 13.7. The number of anilines is 1. The minimum atomic E-state index is 0.452. The van der Waals surface area contributed by atoms with E-state index < -0.39 is 0 Å². The fourth-order valence-electron chi connectivity index (χ4n) is 2.06. The summed E-state index contributed by atoms with van der Waals surface area (Å²) in [4.78, 5) is 4.28. The third-order valence-electron chi connectivity index (χ3n) is 2.95. The van der Waals surface area contributed by atoms with Crippen LogP contribution < -0.4 is 5.73 Å². The molecule has 0 unspecified atom stereocenters. The highest BCUT2D eigenvalue weighted by atomic mass is 16.5. The maximum Gasteiger partial charge on any atom is 0.201 e. The Hall–Kier alpha value is -2.06. The van der Waals surface area contributed by atoms with Gasteiger partial charge in [0.15, 0.2) is 0 Å². The minimum Gasteiger partial charge on any atom is -0.381 e. The molecule has 19 heavy (non-hydrogen) atoms. The maximum absolute atomic E-state index is 9.05. The highest BCUT2D eigenvalue weighted by molar-refractivity contribution is 5.83. The average molecular weight is 258 g/mol. The number of para-hydroxylation sites is 1. The zero-order valence-electron chi connectivity index (χ0n) is 11.1. The highest BCUT2D eigenvalue weighted by Crippen LogP contribution is 2.21. The van der Waals surface area contributed by atoms with Crippen molar-refractivity contribution in [3.63, 3.8) is 0 Å². The fraction of sp³-hybridized carbons (Fsp3) is 0.429. The third kappa shape index (κ3) is 2.85. The van der Waals surface area contributed by atoms with E-state index in [4.69, 9.17) is 15.7 Å². The molecule has 2 aromatic rings. The molecule has 2 N–H and O–H groups in total. The lowest BCUT2D eigenvalue weighted by Gasteiger charge is -2.06. The topological polar surface area (TPSA) is 76.9 Å². The second kappa shape index (κ2) is 6.21. The first-order valence-electron chi connectivity index (χ1n) is 6.50. The number of nitrogen functional groups attached to an aromatic ring is 1. The summed E-state index contributed by atoms with van der Waals surface area (Å²) in [6.07, 6.45) is 1.91. The second-order valence-corrected chi connectivity index (χ2v) is 4.37. The predicted molar refractivity (Wildman–Crippen MR) is 74.6 cm³/mol. The van der Waals surface area contributed by atoms with Crippen LogP contribution in [0.2, 0.25) is 0 Å². The largest absolute Gasteiger partial charge is 0.381 e. The Bertz CT molecular complexity index is 597. The average Bonchev–Trinajstić information content (AvgIpc) is 2.74. The lowest BCUT2D eigenvalue weighted by Crippen LogP contribution is -2.06. The summed E-state index contributed by atoms with van der Waals surface area (Å²) >= 11 is 0. The Balaban J connectivity index is 2.15. The Kier molecular flexibility index (Phi) is 4.37. The van der Waals surface area contributed by atoms with Gasteiger partial charge < -0.3 is 15.0 Å². The van der Waals surface area contributed by atoms with E-state index in [0.29, 0.717) is 23.6 Å². The standard InChI is InChI=1S/C14H18N4O/c1-2-8-19-9-4-7-18-12-6-3-5-11(10-15)13(12)17-14(18)16/h3,5-6H,2,4,7-9H2,1H3,(H2,16,17). The number of imidazole rings is 1. The molecular formula is C14H18N4O. The van der Waals surface area contributed by atoms with E-state index in [1.54, 1.807) is 6.07 Å². The van der Waals surface area contributed by atoms with Gasteiger partial charge in [-0.2, -0.15) is 5.26 Å². The number of benzene rings is 1. The van der Waals surface area contributed by atoms with E-state index in [2.05, 4.69) is 18.0 Å². The van der Waals surface area contributed by atoms with E-state index >= 15 is 0 Å². The lowest BCUT2D eigenvalue weighted by atomic mass is 10.2. The van der Waals surface area contributed by atoms with Crippen molar-refractivity contribution in [1.82, 2.24) is 9.55 Å². The van der Waals surface area contributed by atoms with E-state index in [9.17, 15) is 0 Å². The predicted octanol–water partition coefficient (Wildman–Crippen LogP) is 2.31. The first-order valence-corrected chi connectivity index (χ1v) is 6.50. The van der Waals surface area contributed by atoms with Gasteiger partial charge in [0, 0.05) is 19.8 Å². The van der Waals surface area contributed by atoms with Crippen molar-refractivity contribution < 1.29 is 4.74 Å². The zero-order valence-corrected chi connectivity index (χ0v) is 11.1. The monoisotopic (exact) mass is 258 g/mol. The van der Waals surface area contributed by atoms with Gasteiger partial charge in [-0.25, -0.2) is 4.98 Å². The molecule has 0 radical (unpaired) electrons. The summed E-state index contributed by atoms with van der Waals surface area (Å²) in [5.74, 6) is 0.452. The van der Waals surface area contributed by atoms with Gasteiger partial charge in [0.05, 0.1) is 11.1 Å². The van der Waals surface area contributed by atoms with Gasteiger partial charge in [0.1, 0.15) is 11.6 Å². The summed E-state index contributed by atoms with van der Waals surface area (Å²) in [6.45, 7) is 4.34. The number of nitriles is 1. The molecule has 0 bridgehead atoms. The maximum atomic E-state index is 9.05. The van der Waals surface area contributed by atoms with Crippen molar-refractivity contribution in [2.75, 3.05) is 18.9 Å². The molecule has 5 nitrogen and oxygen atoms in total. The Morgan fingerprint density at radius 1 is 1.42 bits per heavy atom. The molecule has 0 aliphatic rings. The van der Waals surface area contributed by atoms with E-state index in [-0.39, 0.29) is 0 Å². The number of rotatable bonds is 6. The van der Waals surface area contributed by atoms with Crippen LogP contribution in [-0.2, 0) is 11.3 Å². The van der Waals surface area contributed by atoms with Gasteiger partial charge in [-0.1, -0.05) is 13.0 Å². The van der Waals surface area contributed by atoms with E-state index in [1.165, 1.54) is 0 Å². The Labute approximate surface area is 112 Å². The molecule has 0 fully saturated rings. The highest BCUT2D eigenvalue weighted by Gasteiger charge is 2.10. The number of aryl methyl sites for hydroxylation is 1. The summed E-state index contributed by atoms with van der Waals surface area (Å²) in [7, 11) is 0. The molecule has 100 valence electrons. The van der Waals surface area contributed by atoms with Crippen molar-refractivity contribution in [2.45, 2.75) is 26.3 Å². The summed E-state index contributed by atoms with van der Waals surface area (Å²) in [5.41, 5.74) is 8.07. The van der Waals surface area contributed by atoms with Crippen LogP contribution in [0.4, 0.5) is 5.95 Å². The van der Waals surface area contributed by atoms with Gasteiger partial charge in [-0.15, -0.1) is 0 Å². The molecule has 2 rings (SSSR count). The Morgan fingerprint density at radius 2 is 2.26 bits per heavy atom. The summed E-state index contributed by atoms with van der Waals surface area (Å²) < 4.78 is 7.39. The summed E-state index contributed by atoms with van der Waals surface area (Å²) in [6, 6.07) is 7.68. The lowest BCUT2D eigenvalue weighted by molar-refractivity contribution is 0.129. The molecule has 1 aromatic carbocycles. The molecule has 0 aliphatic carbocycles. The molecule has 0 aliphatic heterocycles. The number of fused-ring (bicyclic) bond motifs is 1. The van der Waals surface area contributed by atoms with Crippen molar-refractivity contribution in [1.29, 1.82) is 5.26 Å². The number of hydrogen-bond acceptors (Lipinski definition) is 4. The number of hydrogen-bond donors (Lipinski definition) is 1. The van der Waals surface area contributed by atoms with Gasteiger partial charge in [0.2, 0.25) is 5.95 Å². The third-order valence-corrected chi connectivity index (χ3v) is 2.95. The van der Waals surface area contributed by atoms with Crippen LogP contribution in [0.1, 0.15) is 25.3 Å². The molecule has 0 saturated carbocycles. The SMILES string of the molecule is CCCOCCCn1c(N)nc2c(C#N)cccc21. The normalized spacial score (nSPS) is 10.7. The minimum absolute atomic E-state index is 0.452. The smallest absolute Gasteiger partial charge is 0.201 e. The molecule has 0 spiro atoms. The molecule has 1 aromatic heterocycles. The van der Waals surface area contributed by atoms with Crippen molar-refractivity contribution in [3.05, 3.63) is 23.8 Å². The van der Waals surface area contributed by atoms with Crippen LogP contribution >= 0.6 is 0 Å². The fourth-order valence-corrected chi connectivity index (χ4v) is 2.06. The molecule has 1 heterocycles. The van der Waals surface area contributed by atoms with Gasteiger partial charge in [-0.05, 0) is 25.0 Å². The Morgan fingerprint density at radius 3 is 3.00 bits per heavy atom. The van der Waals surface area contributed by atoms with Crippen molar-refractivity contribution >= 4 is 17.0 Å². The summed E-state index contributed by atoms with van der Waals surface area (Å²) in [5, 5.41) is 9.05. The number of nitrogens with two attached hydrogens (primary N) is 1. The van der Waals surface area contributed by atoms with Crippen LogP contribution in [0.15, 0.2) is 18.2 Å². The number of nitrogens with zero attached hydrogens (tertiary/aromatic N) is 3. The molecule has 0 atom stereocenters. The van der Waals surface area contributed by atoms with Crippen LogP contribution in [0.5, 0.6) is 0 Å². The van der Waals surface area contributed by atoms with Crippen molar-refractivity contribution in [3.8, 4) is 6.07 Å². The van der Waals surface area contributed by atoms with E-state index in [0.717, 1.165) is 31.5 Å². The van der Waals surface area contributed by atoms with Crippen LogP contribution in [0.25, 0.3) is 11.0 Å². The second-order valence-electron chi connectivity index (χ2n) is 4.37. The van der Waals surface area contributed by atoms with Gasteiger partial charge >= 0.3 is 0 Å². The molecule has 5 heteroatoms. The number of ether oxygens (including phenoxy) is 1. The van der Waals surface area contributed by atoms with Crippen LogP contribution in [-0.4, -0.2) is 22.8 Å². The van der Waals surface area contributed by atoms with Crippen LogP contribution in [0, 0.1) is 11.3 Å². The van der Waals surface area contributed by atoms with Crippen LogP contribution in [0.3, 0.4) is 0 Å². The first kappa shape index (κ1) is 13.4. The number of aromatic nitrogens is 2.